The molecule has 0 spiro atoms. The number of benzene rings is 3. The molecule has 1 aliphatic heterocycles. The monoisotopic (exact) mass is 464 g/mol. The van der Waals surface area contributed by atoms with Crippen LogP contribution in [0.1, 0.15) is 4.88 Å². The van der Waals surface area contributed by atoms with Crippen molar-refractivity contribution in [1.82, 2.24) is 0 Å². The van der Waals surface area contributed by atoms with Crippen LogP contribution in [-0.2, 0) is 9.59 Å². The fraction of sp³-hybridized carbons (Fsp3) is 0. The van der Waals surface area contributed by atoms with Crippen LogP contribution < -0.4 is 10.2 Å². The standard InChI is InChI=1S/C24H14Cl2N2O2S/c25-15-10-11-17(26)19(13-15)28-23(29)21(20-9-4-12-31-20)22(24(28)30)27-18-8-3-6-14-5-1-2-7-16(14)18/h1-13,27H. The van der Waals surface area contributed by atoms with Gasteiger partial charge in [-0.25, -0.2) is 4.90 Å². The number of carbonyl (C=O) groups is 2. The third kappa shape index (κ3) is 3.41. The molecule has 1 aliphatic rings. The molecule has 0 saturated carbocycles. The minimum Gasteiger partial charge on any atom is -0.350 e. The average molecular weight is 465 g/mol. The van der Waals surface area contributed by atoms with E-state index >= 15 is 0 Å². The number of fused-ring (bicyclic) bond motifs is 1. The molecule has 0 atom stereocenters. The SMILES string of the molecule is O=C1C(Nc2cccc3ccccc23)=C(c2cccs2)C(=O)N1c1cc(Cl)ccc1Cl. The molecule has 5 rings (SSSR count). The number of carbonyl (C=O) groups excluding carboxylic acids is 2. The number of nitrogens with one attached hydrogen (secondary N) is 1. The highest BCUT2D eigenvalue weighted by atomic mass is 35.5. The maximum atomic E-state index is 13.5. The largest absolute Gasteiger partial charge is 0.350 e. The Morgan fingerprint density at radius 2 is 1.65 bits per heavy atom. The number of imide groups is 1. The van der Waals surface area contributed by atoms with Crippen LogP contribution in [0.2, 0.25) is 10.0 Å². The molecule has 0 bridgehead atoms. The quantitative estimate of drug-likeness (QED) is 0.345. The fourth-order valence-electron chi connectivity index (χ4n) is 3.64. The molecular formula is C24H14Cl2N2O2S. The molecule has 4 nitrogen and oxygen atoms in total. The maximum absolute atomic E-state index is 13.5. The molecule has 0 aliphatic carbocycles. The van der Waals surface area contributed by atoms with Crippen molar-refractivity contribution in [3.8, 4) is 0 Å². The number of anilines is 2. The first-order chi connectivity index (χ1) is 15.0. The number of hydrogen-bond donors (Lipinski definition) is 1. The zero-order valence-electron chi connectivity index (χ0n) is 15.9. The van der Waals surface area contributed by atoms with Crippen molar-refractivity contribution >= 4 is 74.1 Å². The van der Waals surface area contributed by atoms with Gasteiger partial charge < -0.3 is 5.32 Å². The Bertz CT molecular complexity index is 1370. The van der Waals surface area contributed by atoms with Crippen molar-refractivity contribution in [2.45, 2.75) is 0 Å². The Morgan fingerprint density at radius 1 is 0.839 bits per heavy atom. The van der Waals surface area contributed by atoms with Gasteiger partial charge in [0.25, 0.3) is 11.8 Å². The fourth-order valence-corrected chi connectivity index (χ4v) is 4.78. The summed E-state index contributed by atoms with van der Waals surface area (Å²) in [5.41, 5.74) is 1.51. The first kappa shape index (κ1) is 19.8. The number of halogens is 2. The predicted octanol–water partition coefficient (Wildman–Crippen LogP) is 6.60. The van der Waals surface area contributed by atoms with E-state index in [0.717, 1.165) is 21.4 Å². The Morgan fingerprint density at radius 3 is 2.45 bits per heavy atom. The number of hydrogen-bond acceptors (Lipinski definition) is 4. The molecule has 1 aromatic heterocycles. The molecule has 4 aromatic rings. The normalized spacial score (nSPS) is 14.1. The first-order valence-electron chi connectivity index (χ1n) is 9.41. The van der Waals surface area contributed by atoms with Crippen molar-refractivity contribution < 1.29 is 9.59 Å². The van der Waals surface area contributed by atoms with E-state index in [1.807, 2.05) is 60.0 Å². The highest BCUT2D eigenvalue weighted by molar-refractivity contribution is 7.11. The summed E-state index contributed by atoms with van der Waals surface area (Å²) in [5, 5.41) is 7.72. The van der Waals surface area contributed by atoms with Gasteiger partial charge >= 0.3 is 0 Å². The van der Waals surface area contributed by atoms with Crippen molar-refractivity contribution in [3.63, 3.8) is 0 Å². The van der Waals surface area contributed by atoms with Gasteiger partial charge in [-0.3, -0.25) is 9.59 Å². The average Bonchev–Trinajstić information content (AvgIpc) is 3.37. The Balaban J connectivity index is 1.66. The second-order valence-corrected chi connectivity index (χ2v) is 8.71. The number of thiophene rings is 1. The lowest BCUT2D eigenvalue weighted by Gasteiger charge is -2.17. The summed E-state index contributed by atoms with van der Waals surface area (Å²) in [6, 6.07) is 22.0. The van der Waals surface area contributed by atoms with E-state index in [4.69, 9.17) is 23.2 Å². The lowest BCUT2D eigenvalue weighted by molar-refractivity contribution is -0.120. The molecule has 152 valence electrons. The summed E-state index contributed by atoms with van der Waals surface area (Å²) in [5.74, 6) is -0.926. The van der Waals surface area contributed by atoms with E-state index < -0.39 is 11.8 Å². The molecule has 7 heteroatoms. The van der Waals surface area contributed by atoms with Gasteiger partial charge in [0, 0.05) is 21.0 Å². The molecule has 0 saturated heterocycles. The first-order valence-corrected chi connectivity index (χ1v) is 11.0. The van der Waals surface area contributed by atoms with E-state index in [9.17, 15) is 9.59 Å². The second kappa shape index (κ2) is 7.85. The smallest absolute Gasteiger partial charge is 0.282 e. The van der Waals surface area contributed by atoms with Gasteiger partial charge in [0.05, 0.1) is 16.3 Å². The van der Waals surface area contributed by atoms with E-state index in [-0.39, 0.29) is 16.4 Å². The zero-order chi connectivity index (χ0) is 21.5. The van der Waals surface area contributed by atoms with Gasteiger partial charge in [-0.1, -0.05) is 65.7 Å². The summed E-state index contributed by atoms with van der Waals surface area (Å²) in [6.07, 6.45) is 0. The minimum atomic E-state index is -0.481. The van der Waals surface area contributed by atoms with Gasteiger partial charge in [0.2, 0.25) is 0 Å². The number of nitrogens with zero attached hydrogens (tertiary/aromatic N) is 1. The van der Waals surface area contributed by atoms with Crippen molar-refractivity contribution in [3.05, 3.63) is 98.8 Å². The summed E-state index contributed by atoms with van der Waals surface area (Å²) in [6.45, 7) is 0. The Labute approximate surface area is 192 Å². The minimum absolute atomic E-state index is 0.208. The molecule has 2 heterocycles. The van der Waals surface area contributed by atoms with Crippen LogP contribution in [0.25, 0.3) is 16.3 Å². The summed E-state index contributed by atoms with van der Waals surface area (Å²) >= 11 is 13.8. The molecule has 31 heavy (non-hydrogen) atoms. The third-order valence-corrected chi connectivity index (χ3v) is 6.49. The van der Waals surface area contributed by atoms with Gasteiger partial charge in [-0.05, 0) is 41.1 Å². The van der Waals surface area contributed by atoms with Gasteiger partial charge in [0.15, 0.2) is 0 Å². The van der Waals surface area contributed by atoms with E-state index in [1.54, 1.807) is 12.1 Å². The van der Waals surface area contributed by atoms with Gasteiger partial charge in [-0.15, -0.1) is 11.3 Å². The molecule has 2 amide bonds. The molecule has 0 radical (unpaired) electrons. The maximum Gasteiger partial charge on any atom is 0.282 e. The zero-order valence-corrected chi connectivity index (χ0v) is 18.3. The van der Waals surface area contributed by atoms with Gasteiger partial charge in [-0.2, -0.15) is 0 Å². The molecule has 0 unspecified atom stereocenters. The highest BCUT2D eigenvalue weighted by Gasteiger charge is 2.41. The van der Waals surface area contributed by atoms with Crippen LogP contribution in [0.15, 0.2) is 83.9 Å². The van der Waals surface area contributed by atoms with E-state index in [2.05, 4.69) is 5.32 Å². The Hall–Kier alpha value is -3.12. The van der Waals surface area contributed by atoms with Crippen LogP contribution in [-0.4, -0.2) is 11.8 Å². The van der Waals surface area contributed by atoms with Crippen LogP contribution in [0.5, 0.6) is 0 Å². The summed E-state index contributed by atoms with van der Waals surface area (Å²) in [4.78, 5) is 28.7. The third-order valence-electron chi connectivity index (χ3n) is 5.05. The lowest BCUT2D eigenvalue weighted by Crippen LogP contribution is -2.32. The summed E-state index contributed by atoms with van der Waals surface area (Å²) < 4.78 is 0. The van der Waals surface area contributed by atoms with Crippen LogP contribution in [0, 0.1) is 0 Å². The summed E-state index contributed by atoms with van der Waals surface area (Å²) in [7, 11) is 0. The molecular weight excluding hydrogens is 451 g/mol. The van der Waals surface area contributed by atoms with Crippen LogP contribution in [0.3, 0.4) is 0 Å². The molecule has 1 N–H and O–H groups in total. The van der Waals surface area contributed by atoms with E-state index in [0.29, 0.717) is 15.5 Å². The van der Waals surface area contributed by atoms with Crippen LogP contribution in [0.4, 0.5) is 11.4 Å². The molecule has 3 aromatic carbocycles. The van der Waals surface area contributed by atoms with Crippen molar-refractivity contribution in [2.75, 3.05) is 10.2 Å². The Kier molecular flexibility index (Phi) is 5.02. The topological polar surface area (TPSA) is 49.4 Å². The van der Waals surface area contributed by atoms with Crippen LogP contribution >= 0.6 is 34.5 Å². The second-order valence-electron chi connectivity index (χ2n) is 6.92. The van der Waals surface area contributed by atoms with Gasteiger partial charge in [0.1, 0.15) is 5.70 Å². The van der Waals surface area contributed by atoms with Crippen molar-refractivity contribution in [1.29, 1.82) is 0 Å². The number of rotatable bonds is 4. The van der Waals surface area contributed by atoms with Crippen molar-refractivity contribution in [2.24, 2.45) is 0 Å². The highest BCUT2D eigenvalue weighted by Crippen LogP contribution is 2.39. The lowest BCUT2D eigenvalue weighted by atomic mass is 10.1. The van der Waals surface area contributed by atoms with E-state index in [1.165, 1.54) is 17.4 Å². The predicted molar refractivity (Wildman–Crippen MR) is 128 cm³/mol. The molecule has 0 fully saturated rings. The number of amides is 2.